The van der Waals surface area contributed by atoms with Crippen LogP contribution in [0.1, 0.15) is 16.8 Å². The average Bonchev–Trinajstić information content (AvgIpc) is 3.22. The first kappa shape index (κ1) is 20.8. The molecule has 0 aliphatic carbocycles. The topological polar surface area (TPSA) is 73.2 Å². The zero-order chi connectivity index (χ0) is 21.8. The lowest BCUT2D eigenvalue weighted by atomic mass is 10.1. The highest BCUT2D eigenvalue weighted by molar-refractivity contribution is 7.92. The van der Waals surface area contributed by atoms with Gasteiger partial charge in [0.05, 0.1) is 24.8 Å². The van der Waals surface area contributed by atoms with Crippen molar-refractivity contribution < 1.29 is 13.2 Å². The van der Waals surface area contributed by atoms with E-state index in [-0.39, 0.29) is 6.54 Å². The molecule has 0 bridgehead atoms. The Morgan fingerprint density at radius 3 is 2.68 bits per heavy atom. The zero-order valence-corrected chi connectivity index (χ0v) is 18.1. The summed E-state index contributed by atoms with van der Waals surface area (Å²) in [5.74, 6) is 0.626. The number of benzene rings is 3. The molecule has 0 fully saturated rings. The maximum atomic E-state index is 12.5. The molecule has 1 aromatic heterocycles. The van der Waals surface area contributed by atoms with Crippen molar-refractivity contribution >= 4 is 26.9 Å². The van der Waals surface area contributed by atoms with E-state index in [0.717, 1.165) is 27.7 Å². The van der Waals surface area contributed by atoms with E-state index in [1.54, 1.807) is 25.6 Å². The molecule has 0 amide bonds. The third-order valence-electron chi connectivity index (χ3n) is 4.98. The third kappa shape index (κ3) is 4.84. The third-order valence-corrected chi connectivity index (χ3v) is 6.02. The number of nitrogens with one attached hydrogen (secondary N) is 1. The molecule has 0 aliphatic heterocycles. The van der Waals surface area contributed by atoms with Crippen molar-refractivity contribution in [3.63, 3.8) is 0 Å². The zero-order valence-electron chi connectivity index (χ0n) is 17.3. The van der Waals surface area contributed by atoms with Crippen LogP contribution in [0.15, 0.2) is 78.6 Å². The van der Waals surface area contributed by atoms with Crippen LogP contribution in [-0.4, -0.2) is 25.1 Å². The summed E-state index contributed by atoms with van der Waals surface area (Å²) in [6, 6.07) is 19.3. The van der Waals surface area contributed by atoms with Crippen LogP contribution in [-0.2, 0) is 16.6 Å². The van der Waals surface area contributed by atoms with Gasteiger partial charge in [0, 0.05) is 18.1 Å². The Bertz CT molecular complexity index is 1350. The van der Waals surface area contributed by atoms with Gasteiger partial charge in [-0.25, -0.2) is 18.1 Å². The average molecular weight is 434 g/mol. The normalized spacial score (nSPS) is 11.9. The van der Waals surface area contributed by atoms with E-state index < -0.39 is 10.0 Å². The van der Waals surface area contributed by atoms with Crippen LogP contribution in [0, 0.1) is 6.92 Å². The Morgan fingerprint density at radius 2 is 1.90 bits per heavy atom. The molecule has 0 saturated carbocycles. The maximum Gasteiger partial charge on any atom is 0.234 e. The molecule has 158 valence electrons. The van der Waals surface area contributed by atoms with Gasteiger partial charge >= 0.3 is 0 Å². The molecule has 0 aliphatic rings. The van der Waals surface area contributed by atoms with Gasteiger partial charge in [-0.3, -0.25) is 0 Å². The molecule has 3 aromatic carbocycles. The summed E-state index contributed by atoms with van der Waals surface area (Å²) in [7, 11) is -2.03. The summed E-state index contributed by atoms with van der Waals surface area (Å²) < 4.78 is 35.0. The first-order valence-corrected chi connectivity index (χ1v) is 11.3. The molecule has 1 N–H and O–H groups in total. The number of hydrogen-bond acceptors (Lipinski definition) is 4. The SMILES string of the molecule is COc1cc(C=CS(=O)(=O)NCc2cccc3ccccc23)ccc1-n1cnc(C)c1. The highest BCUT2D eigenvalue weighted by Gasteiger charge is 2.09. The number of aromatic nitrogens is 2. The largest absolute Gasteiger partial charge is 0.495 e. The van der Waals surface area contributed by atoms with Gasteiger partial charge in [-0.2, -0.15) is 0 Å². The molecule has 0 spiro atoms. The number of sulfonamides is 1. The Morgan fingerprint density at radius 1 is 1.10 bits per heavy atom. The lowest BCUT2D eigenvalue weighted by Gasteiger charge is -2.10. The fourth-order valence-electron chi connectivity index (χ4n) is 3.41. The molecule has 0 unspecified atom stereocenters. The number of ether oxygens (including phenoxy) is 1. The molecular formula is C24H23N3O3S. The number of nitrogens with zero attached hydrogens (tertiary/aromatic N) is 2. The second kappa shape index (κ2) is 8.75. The van der Waals surface area contributed by atoms with Crippen molar-refractivity contribution in [3.05, 3.63) is 95.4 Å². The van der Waals surface area contributed by atoms with Crippen LogP contribution >= 0.6 is 0 Å². The van der Waals surface area contributed by atoms with Gasteiger partial charge < -0.3 is 9.30 Å². The molecule has 0 radical (unpaired) electrons. The lowest BCUT2D eigenvalue weighted by Crippen LogP contribution is -2.20. The summed E-state index contributed by atoms with van der Waals surface area (Å²) >= 11 is 0. The maximum absolute atomic E-state index is 12.5. The van der Waals surface area contributed by atoms with Crippen molar-refractivity contribution in [1.29, 1.82) is 0 Å². The highest BCUT2D eigenvalue weighted by Crippen LogP contribution is 2.25. The minimum Gasteiger partial charge on any atom is -0.495 e. The number of hydrogen-bond donors (Lipinski definition) is 1. The van der Waals surface area contributed by atoms with Crippen molar-refractivity contribution in [3.8, 4) is 11.4 Å². The minimum atomic E-state index is -3.61. The van der Waals surface area contributed by atoms with Gasteiger partial charge in [0.2, 0.25) is 10.0 Å². The number of fused-ring (bicyclic) bond motifs is 1. The monoisotopic (exact) mass is 433 g/mol. The molecule has 0 saturated heterocycles. The lowest BCUT2D eigenvalue weighted by molar-refractivity contribution is 0.413. The van der Waals surface area contributed by atoms with Crippen LogP contribution in [0.2, 0.25) is 0 Å². The summed E-state index contributed by atoms with van der Waals surface area (Å²) in [5, 5.41) is 3.29. The van der Waals surface area contributed by atoms with E-state index in [0.29, 0.717) is 11.3 Å². The van der Waals surface area contributed by atoms with Crippen LogP contribution in [0.25, 0.3) is 22.5 Å². The smallest absolute Gasteiger partial charge is 0.234 e. The standard InChI is InChI=1S/C24H23N3O3S/c1-18-16-27(17-25-18)23-11-10-19(14-24(23)30-2)12-13-31(28,29)26-15-21-8-5-7-20-6-3-4-9-22(20)21/h3-14,16-17,26H,15H2,1-2H3. The Balaban J connectivity index is 1.50. The second-order valence-electron chi connectivity index (χ2n) is 7.16. The summed E-state index contributed by atoms with van der Waals surface area (Å²) in [5.41, 5.74) is 3.37. The molecular weight excluding hydrogens is 410 g/mol. The molecule has 1 heterocycles. The predicted molar refractivity (Wildman–Crippen MR) is 124 cm³/mol. The van der Waals surface area contributed by atoms with Gasteiger partial charge in [-0.1, -0.05) is 48.5 Å². The second-order valence-corrected chi connectivity index (χ2v) is 8.81. The highest BCUT2D eigenvalue weighted by atomic mass is 32.2. The summed E-state index contributed by atoms with van der Waals surface area (Å²) in [6.07, 6.45) is 5.16. The molecule has 0 atom stereocenters. The number of rotatable bonds is 7. The molecule has 7 heteroatoms. The van der Waals surface area contributed by atoms with E-state index in [9.17, 15) is 8.42 Å². The fraction of sp³-hybridized carbons (Fsp3) is 0.125. The Kier molecular flexibility index (Phi) is 5.88. The van der Waals surface area contributed by atoms with Crippen molar-refractivity contribution in [2.75, 3.05) is 7.11 Å². The minimum absolute atomic E-state index is 0.219. The Labute approximate surface area is 181 Å². The summed E-state index contributed by atoms with van der Waals surface area (Å²) in [6.45, 7) is 2.13. The van der Waals surface area contributed by atoms with E-state index in [2.05, 4.69) is 9.71 Å². The molecule has 4 aromatic rings. The number of imidazole rings is 1. The number of aryl methyl sites for hydroxylation is 1. The molecule has 4 rings (SSSR count). The van der Waals surface area contributed by atoms with Gasteiger partial charge in [0.15, 0.2) is 0 Å². The van der Waals surface area contributed by atoms with E-state index in [1.165, 1.54) is 5.41 Å². The van der Waals surface area contributed by atoms with Crippen LogP contribution in [0.3, 0.4) is 0 Å². The fourth-order valence-corrected chi connectivity index (χ4v) is 4.19. The van der Waals surface area contributed by atoms with Gasteiger partial charge in [-0.05, 0) is 47.0 Å². The van der Waals surface area contributed by atoms with Crippen molar-refractivity contribution in [1.82, 2.24) is 14.3 Å². The quantitative estimate of drug-likeness (QED) is 0.468. The van der Waals surface area contributed by atoms with E-state index >= 15 is 0 Å². The van der Waals surface area contributed by atoms with Crippen LogP contribution in [0.5, 0.6) is 5.75 Å². The number of methoxy groups -OCH3 is 1. The Hall–Kier alpha value is -3.42. The van der Waals surface area contributed by atoms with Crippen LogP contribution in [0.4, 0.5) is 0 Å². The van der Waals surface area contributed by atoms with Crippen LogP contribution < -0.4 is 9.46 Å². The first-order chi connectivity index (χ1) is 14.9. The van der Waals surface area contributed by atoms with E-state index in [4.69, 9.17) is 4.74 Å². The van der Waals surface area contributed by atoms with Gasteiger partial charge in [-0.15, -0.1) is 0 Å². The van der Waals surface area contributed by atoms with Gasteiger partial charge in [0.25, 0.3) is 0 Å². The van der Waals surface area contributed by atoms with Crippen molar-refractivity contribution in [2.24, 2.45) is 0 Å². The summed E-state index contributed by atoms with van der Waals surface area (Å²) in [4.78, 5) is 4.23. The molecule has 6 nitrogen and oxygen atoms in total. The van der Waals surface area contributed by atoms with Crippen molar-refractivity contribution in [2.45, 2.75) is 13.5 Å². The molecule has 31 heavy (non-hydrogen) atoms. The predicted octanol–water partition coefficient (Wildman–Crippen LogP) is 4.43. The van der Waals surface area contributed by atoms with E-state index in [1.807, 2.05) is 72.3 Å². The first-order valence-electron chi connectivity index (χ1n) is 9.78. The van der Waals surface area contributed by atoms with Gasteiger partial charge in [0.1, 0.15) is 5.75 Å².